The van der Waals surface area contributed by atoms with Gasteiger partial charge in [0.15, 0.2) is 0 Å². The second kappa shape index (κ2) is 6.04. The highest BCUT2D eigenvalue weighted by Crippen LogP contribution is 2.35. The number of hydrogen-bond acceptors (Lipinski definition) is 1. The van der Waals surface area contributed by atoms with Gasteiger partial charge in [0.1, 0.15) is 17.3 Å². The van der Waals surface area contributed by atoms with Crippen molar-refractivity contribution in [2.45, 2.75) is 5.33 Å². The van der Waals surface area contributed by atoms with E-state index in [0.29, 0.717) is 26.3 Å². The summed E-state index contributed by atoms with van der Waals surface area (Å²) < 4.78 is 19.3. The van der Waals surface area contributed by atoms with Crippen LogP contribution in [-0.2, 0) is 5.33 Å². The molecule has 0 radical (unpaired) electrons. The van der Waals surface area contributed by atoms with E-state index in [1.807, 2.05) is 6.07 Å². The van der Waals surface area contributed by atoms with E-state index in [1.165, 1.54) is 12.1 Å². The molecule has 0 unspecified atom stereocenters. The van der Waals surface area contributed by atoms with Crippen LogP contribution in [0.5, 0.6) is 11.5 Å². The van der Waals surface area contributed by atoms with E-state index in [1.54, 1.807) is 18.2 Å². The van der Waals surface area contributed by atoms with Crippen LogP contribution >= 0.6 is 43.5 Å². The van der Waals surface area contributed by atoms with Gasteiger partial charge in [-0.1, -0.05) is 33.6 Å². The lowest BCUT2D eigenvalue weighted by molar-refractivity contribution is 0.473. The molecule has 0 bridgehead atoms. The van der Waals surface area contributed by atoms with Gasteiger partial charge in [-0.2, -0.15) is 0 Å². The van der Waals surface area contributed by atoms with Gasteiger partial charge in [-0.3, -0.25) is 0 Å². The minimum absolute atomic E-state index is 0.318. The van der Waals surface area contributed by atoms with Crippen LogP contribution in [0.25, 0.3) is 0 Å². The summed E-state index contributed by atoms with van der Waals surface area (Å²) >= 11 is 12.7. The lowest BCUT2D eigenvalue weighted by atomic mass is 10.2. The van der Waals surface area contributed by atoms with Crippen molar-refractivity contribution in [2.24, 2.45) is 0 Å². The first kappa shape index (κ1) is 13.8. The minimum atomic E-state index is -0.318. The molecule has 1 nitrogen and oxygen atoms in total. The van der Waals surface area contributed by atoms with Gasteiger partial charge in [0, 0.05) is 15.9 Å². The van der Waals surface area contributed by atoms with Gasteiger partial charge in [0.25, 0.3) is 0 Å². The Balaban J connectivity index is 2.37. The standard InChI is InChI=1S/C13H8Br2ClFO/c14-7-9-11(16)2-1-3-12(9)18-13-5-4-8(17)6-10(13)15/h1-6H,7H2. The molecule has 5 heteroatoms. The smallest absolute Gasteiger partial charge is 0.141 e. The number of ether oxygens (including phenoxy) is 1. The van der Waals surface area contributed by atoms with Crippen molar-refractivity contribution >= 4 is 43.5 Å². The average Bonchev–Trinajstić information content (AvgIpc) is 2.33. The molecule has 2 rings (SSSR count). The number of hydrogen-bond donors (Lipinski definition) is 0. The maximum Gasteiger partial charge on any atom is 0.141 e. The summed E-state index contributed by atoms with van der Waals surface area (Å²) in [5, 5.41) is 1.21. The predicted molar refractivity (Wildman–Crippen MR) is 78.3 cm³/mol. The summed E-state index contributed by atoms with van der Waals surface area (Å²) in [5.74, 6) is 0.869. The third-order valence-corrected chi connectivity index (χ3v) is 3.86. The molecular formula is C13H8Br2ClFO. The van der Waals surface area contributed by atoms with Crippen LogP contribution < -0.4 is 4.74 Å². The monoisotopic (exact) mass is 392 g/mol. The summed E-state index contributed by atoms with van der Waals surface area (Å²) in [5.41, 5.74) is 0.857. The topological polar surface area (TPSA) is 9.23 Å². The van der Waals surface area contributed by atoms with Crippen molar-refractivity contribution in [3.05, 3.63) is 57.3 Å². The van der Waals surface area contributed by atoms with Gasteiger partial charge in [0.05, 0.1) is 4.47 Å². The third-order valence-electron chi connectivity index (χ3n) is 2.32. The third kappa shape index (κ3) is 3.05. The van der Waals surface area contributed by atoms with Crippen molar-refractivity contribution in [2.75, 3.05) is 0 Å². The Hall–Kier alpha value is -0.580. The number of halogens is 4. The molecule has 0 saturated carbocycles. The molecule has 0 N–H and O–H groups in total. The molecule has 2 aromatic rings. The average molecular weight is 394 g/mol. The van der Waals surface area contributed by atoms with E-state index in [9.17, 15) is 4.39 Å². The molecule has 0 aliphatic rings. The second-order valence-corrected chi connectivity index (χ2v) is 5.35. The van der Waals surface area contributed by atoms with Crippen LogP contribution in [-0.4, -0.2) is 0 Å². The van der Waals surface area contributed by atoms with Gasteiger partial charge in [-0.05, 0) is 46.3 Å². The molecule has 18 heavy (non-hydrogen) atoms. The van der Waals surface area contributed by atoms with Crippen LogP contribution in [0.1, 0.15) is 5.56 Å². The summed E-state index contributed by atoms with van der Waals surface area (Å²) in [6, 6.07) is 9.69. The van der Waals surface area contributed by atoms with E-state index in [2.05, 4.69) is 31.9 Å². The summed E-state index contributed by atoms with van der Waals surface area (Å²) in [7, 11) is 0. The van der Waals surface area contributed by atoms with Crippen LogP contribution in [0.2, 0.25) is 5.02 Å². The van der Waals surface area contributed by atoms with Crippen molar-refractivity contribution in [3.63, 3.8) is 0 Å². The van der Waals surface area contributed by atoms with E-state index in [0.717, 1.165) is 5.56 Å². The van der Waals surface area contributed by atoms with Gasteiger partial charge < -0.3 is 4.74 Å². The van der Waals surface area contributed by atoms with Gasteiger partial charge in [-0.25, -0.2) is 4.39 Å². The van der Waals surface area contributed by atoms with Crippen LogP contribution in [0.15, 0.2) is 40.9 Å². The van der Waals surface area contributed by atoms with Crippen LogP contribution in [0.3, 0.4) is 0 Å². The molecule has 0 aromatic heterocycles. The Kier molecular flexibility index (Phi) is 4.65. The summed E-state index contributed by atoms with van der Waals surface area (Å²) in [6.45, 7) is 0. The molecule has 0 aliphatic heterocycles. The largest absolute Gasteiger partial charge is 0.456 e. The van der Waals surface area contributed by atoms with E-state index in [-0.39, 0.29) is 5.82 Å². The molecular weight excluding hydrogens is 386 g/mol. The van der Waals surface area contributed by atoms with Gasteiger partial charge in [0.2, 0.25) is 0 Å². The lowest BCUT2D eigenvalue weighted by Gasteiger charge is -2.12. The Bertz CT molecular complexity index is 575. The highest BCUT2D eigenvalue weighted by atomic mass is 79.9. The van der Waals surface area contributed by atoms with E-state index in [4.69, 9.17) is 16.3 Å². The molecule has 0 heterocycles. The normalized spacial score (nSPS) is 10.4. The van der Waals surface area contributed by atoms with Crippen LogP contribution in [0.4, 0.5) is 4.39 Å². The molecule has 0 aliphatic carbocycles. The Morgan fingerprint density at radius 2 is 1.94 bits per heavy atom. The fraction of sp³-hybridized carbons (Fsp3) is 0.0769. The van der Waals surface area contributed by atoms with Crippen molar-refractivity contribution in [1.82, 2.24) is 0 Å². The molecule has 0 saturated heterocycles. The highest BCUT2D eigenvalue weighted by molar-refractivity contribution is 9.10. The van der Waals surface area contributed by atoms with Crippen molar-refractivity contribution in [1.29, 1.82) is 0 Å². The quantitative estimate of drug-likeness (QED) is 0.587. The van der Waals surface area contributed by atoms with E-state index < -0.39 is 0 Å². The van der Waals surface area contributed by atoms with Crippen molar-refractivity contribution < 1.29 is 9.13 Å². The first-order chi connectivity index (χ1) is 8.61. The summed E-state index contributed by atoms with van der Waals surface area (Å²) in [4.78, 5) is 0. The number of alkyl halides is 1. The van der Waals surface area contributed by atoms with Gasteiger partial charge in [-0.15, -0.1) is 0 Å². The van der Waals surface area contributed by atoms with Crippen LogP contribution in [0, 0.1) is 5.82 Å². The molecule has 0 amide bonds. The first-order valence-corrected chi connectivity index (χ1v) is 7.37. The molecule has 0 atom stereocenters. The Morgan fingerprint density at radius 1 is 1.17 bits per heavy atom. The molecule has 0 fully saturated rings. The van der Waals surface area contributed by atoms with Gasteiger partial charge >= 0.3 is 0 Å². The maximum absolute atomic E-state index is 13.0. The molecule has 94 valence electrons. The molecule has 0 spiro atoms. The number of rotatable bonds is 3. The summed E-state index contributed by atoms with van der Waals surface area (Å²) in [6.07, 6.45) is 0. The Labute approximate surface area is 126 Å². The van der Waals surface area contributed by atoms with Crippen molar-refractivity contribution in [3.8, 4) is 11.5 Å². The second-order valence-electron chi connectivity index (χ2n) is 3.53. The lowest BCUT2D eigenvalue weighted by Crippen LogP contribution is -1.91. The predicted octanol–water partition coefficient (Wildman–Crippen LogP) is 5.93. The number of benzene rings is 2. The Morgan fingerprint density at radius 3 is 2.61 bits per heavy atom. The fourth-order valence-corrected chi connectivity index (χ4v) is 2.84. The fourth-order valence-electron chi connectivity index (χ4n) is 1.44. The zero-order valence-electron chi connectivity index (χ0n) is 9.09. The first-order valence-electron chi connectivity index (χ1n) is 5.08. The maximum atomic E-state index is 13.0. The highest BCUT2D eigenvalue weighted by Gasteiger charge is 2.10. The zero-order chi connectivity index (χ0) is 13.1. The molecule has 2 aromatic carbocycles. The SMILES string of the molecule is Fc1ccc(Oc2cccc(Cl)c2CBr)c(Br)c1. The zero-order valence-corrected chi connectivity index (χ0v) is 13.0. The minimum Gasteiger partial charge on any atom is -0.456 e. The van der Waals surface area contributed by atoms with E-state index >= 15 is 0 Å².